The lowest BCUT2D eigenvalue weighted by atomic mass is 10.4. The molecule has 0 aliphatic carbocycles. The van der Waals surface area contributed by atoms with Crippen LogP contribution >= 0.6 is 24.0 Å². The van der Waals surface area contributed by atoms with Crippen LogP contribution in [0.2, 0.25) is 0 Å². The Bertz CT molecular complexity index is 307. The third-order valence-corrected chi connectivity index (χ3v) is 1.08. The van der Waals surface area contributed by atoms with Crippen LogP contribution in [0.25, 0.3) is 0 Å². The number of halogens is 2. The first-order valence-corrected chi connectivity index (χ1v) is 2.67. The van der Waals surface area contributed by atoms with Gasteiger partial charge in [0.05, 0.1) is 6.34 Å². The van der Waals surface area contributed by atoms with Crippen molar-refractivity contribution in [3.63, 3.8) is 0 Å². The average molecular weight is 267 g/mol. The van der Waals surface area contributed by atoms with Gasteiger partial charge in [0.1, 0.15) is 11.3 Å². The molecule has 0 unspecified atom stereocenters. The maximum absolute atomic E-state index is 12.3. The number of pyridine rings is 1. The number of nitrogens with one attached hydrogen (secondary N) is 2. The van der Waals surface area contributed by atoms with Crippen LogP contribution in [0.1, 0.15) is 0 Å². The minimum Gasteiger partial charge on any atom is -0.291 e. The van der Waals surface area contributed by atoms with Crippen LogP contribution in [-0.2, 0) is 0 Å². The molecule has 1 rings (SSSR count). The van der Waals surface area contributed by atoms with Crippen molar-refractivity contribution in [2.45, 2.75) is 0 Å². The van der Waals surface area contributed by atoms with Crippen LogP contribution in [0.3, 0.4) is 0 Å². The van der Waals surface area contributed by atoms with Crippen molar-refractivity contribution < 1.29 is 4.39 Å². The predicted octanol–water partition coefficient (Wildman–Crippen LogP) is 1.18. The van der Waals surface area contributed by atoms with Gasteiger partial charge in [-0.2, -0.15) is 0 Å². The van der Waals surface area contributed by atoms with Crippen LogP contribution in [0.5, 0.6) is 0 Å². The number of nitrogens with zero attached hydrogens (tertiary/aromatic N) is 1. The summed E-state index contributed by atoms with van der Waals surface area (Å²) in [6, 6.07) is 2.47. The predicted molar refractivity (Wildman–Crippen MR) is 49.8 cm³/mol. The zero-order valence-corrected chi connectivity index (χ0v) is 7.87. The van der Waals surface area contributed by atoms with Gasteiger partial charge in [-0.3, -0.25) is 15.4 Å². The largest absolute Gasteiger partial charge is 0.291 e. The summed E-state index contributed by atoms with van der Waals surface area (Å²) in [5.74, 6) is -0.445. The minimum atomic E-state index is -0.445. The molecule has 0 fully saturated rings. The first-order chi connectivity index (χ1) is 4.74. The van der Waals surface area contributed by atoms with Crippen molar-refractivity contribution in [2.24, 2.45) is 0 Å². The summed E-state index contributed by atoms with van der Waals surface area (Å²) in [6.45, 7) is 0. The Morgan fingerprint density at radius 1 is 1.45 bits per heavy atom. The lowest BCUT2D eigenvalue weighted by Gasteiger charge is -1.95. The molecule has 0 saturated carbocycles. The quantitative estimate of drug-likeness (QED) is 0.436. The highest BCUT2D eigenvalue weighted by Crippen LogP contribution is 1.88. The second-order valence-electron chi connectivity index (χ2n) is 1.77. The summed E-state index contributed by atoms with van der Waals surface area (Å²) < 4.78 is 13.4. The monoisotopic (exact) mass is 267 g/mol. The number of aromatic nitrogens is 1. The molecule has 0 aliphatic rings. The highest BCUT2D eigenvalue weighted by molar-refractivity contribution is 14.0. The zero-order valence-electron chi connectivity index (χ0n) is 5.54. The molecule has 0 bridgehead atoms. The van der Waals surface area contributed by atoms with Crippen molar-refractivity contribution >= 4 is 30.3 Å². The van der Waals surface area contributed by atoms with Gasteiger partial charge in [0.15, 0.2) is 0 Å². The molecule has 1 aromatic heterocycles. The maximum Gasteiger partial charge on any atom is 0.139 e. The summed E-state index contributed by atoms with van der Waals surface area (Å²) in [4.78, 5) is 0. The van der Waals surface area contributed by atoms with Crippen molar-refractivity contribution in [3.05, 3.63) is 29.6 Å². The molecule has 1 heterocycles. The van der Waals surface area contributed by atoms with Gasteiger partial charge in [-0.05, 0) is 12.1 Å². The molecule has 0 radical (unpaired) electrons. The van der Waals surface area contributed by atoms with E-state index in [-0.39, 0.29) is 29.5 Å². The Hall–Kier alpha value is -0.720. The molecule has 3 nitrogen and oxygen atoms in total. The molecule has 0 amide bonds. The third kappa shape index (κ3) is 2.41. The fraction of sp³-hybridized carbons (Fsp3) is 0. The normalized spacial score (nSPS) is 8.45. The molecule has 0 aromatic carbocycles. The van der Waals surface area contributed by atoms with Gasteiger partial charge in [0.25, 0.3) is 0 Å². The Labute approximate surface area is 79.9 Å². The summed E-state index contributed by atoms with van der Waals surface area (Å²) in [5.41, 5.74) is 0.0939. The van der Waals surface area contributed by atoms with Gasteiger partial charge in [0, 0.05) is 6.20 Å². The van der Waals surface area contributed by atoms with Gasteiger partial charge >= 0.3 is 0 Å². The fourth-order valence-corrected chi connectivity index (χ4v) is 0.597. The summed E-state index contributed by atoms with van der Waals surface area (Å²) >= 11 is 0. The number of hydrogen-bond donors (Lipinski definition) is 2. The Morgan fingerprint density at radius 2 is 2.09 bits per heavy atom. The average Bonchev–Trinajstić information content (AvgIpc) is 1.94. The second kappa shape index (κ2) is 4.22. The molecule has 0 saturated heterocycles. The summed E-state index contributed by atoms with van der Waals surface area (Å²) in [6.07, 6.45) is 1.96. The lowest BCUT2D eigenvalue weighted by molar-refractivity contribution is 0.614. The highest BCUT2D eigenvalue weighted by atomic mass is 127. The van der Waals surface area contributed by atoms with E-state index in [0.29, 0.717) is 0 Å². The van der Waals surface area contributed by atoms with Gasteiger partial charge < -0.3 is 0 Å². The Kier molecular flexibility index (Phi) is 3.94. The summed E-state index contributed by atoms with van der Waals surface area (Å²) in [5, 5.41) is 13.8. The topological polar surface area (TPSA) is 52.6 Å². The van der Waals surface area contributed by atoms with Crippen molar-refractivity contribution in [1.29, 1.82) is 10.8 Å². The van der Waals surface area contributed by atoms with E-state index in [0.717, 1.165) is 17.1 Å². The zero-order chi connectivity index (χ0) is 7.56. The smallest absolute Gasteiger partial charge is 0.139 e. The molecular formula is C6H7FIN3. The van der Waals surface area contributed by atoms with Crippen LogP contribution < -0.4 is 5.49 Å². The Balaban J connectivity index is 0.000001000. The molecule has 2 N–H and O–H groups in total. The molecule has 0 atom stereocenters. The van der Waals surface area contributed by atoms with E-state index in [9.17, 15) is 4.39 Å². The lowest BCUT2D eigenvalue weighted by Crippen LogP contribution is -2.17. The van der Waals surface area contributed by atoms with Crippen molar-refractivity contribution in [1.82, 2.24) is 4.57 Å². The molecule has 1 aromatic rings. The van der Waals surface area contributed by atoms with E-state index < -0.39 is 5.82 Å². The minimum absolute atomic E-state index is 0. The molecule has 0 spiro atoms. The molecular weight excluding hydrogens is 260 g/mol. The summed E-state index contributed by atoms with van der Waals surface area (Å²) in [7, 11) is 0. The van der Waals surface area contributed by atoms with Crippen molar-refractivity contribution in [2.75, 3.05) is 0 Å². The van der Waals surface area contributed by atoms with E-state index in [2.05, 4.69) is 0 Å². The van der Waals surface area contributed by atoms with E-state index >= 15 is 0 Å². The SMILES string of the molecule is I.N=Cn1cc(F)ccc1=N. The van der Waals surface area contributed by atoms with Crippen LogP contribution in [0, 0.1) is 16.6 Å². The molecule has 60 valence electrons. The van der Waals surface area contributed by atoms with E-state index in [4.69, 9.17) is 10.8 Å². The first-order valence-electron chi connectivity index (χ1n) is 2.67. The van der Waals surface area contributed by atoms with Crippen LogP contribution in [-0.4, -0.2) is 10.9 Å². The fourth-order valence-electron chi connectivity index (χ4n) is 0.597. The third-order valence-electron chi connectivity index (χ3n) is 1.08. The molecule has 11 heavy (non-hydrogen) atoms. The van der Waals surface area contributed by atoms with Gasteiger partial charge in [-0.25, -0.2) is 4.39 Å². The van der Waals surface area contributed by atoms with Crippen molar-refractivity contribution in [3.8, 4) is 0 Å². The van der Waals surface area contributed by atoms with Crippen LogP contribution in [0.15, 0.2) is 18.3 Å². The standard InChI is InChI=1S/C6H6FN3.HI/c7-5-1-2-6(9)10(3-5)4-8;/h1-4,8-9H;1H. The second-order valence-corrected chi connectivity index (χ2v) is 1.77. The number of hydrogen-bond acceptors (Lipinski definition) is 2. The highest BCUT2D eigenvalue weighted by Gasteiger charge is 1.89. The van der Waals surface area contributed by atoms with Gasteiger partial charge in [-0.1, -0.05) is 0 Å². The first kappa shape index (κ1) is 10.3. The molecule has 5 heteroatoms. The molecule has 0 aliphatic heterocycles. The van der Waals surface area contributed by atoms with E-state index in [1.165, 1.54) is 12.1 Å². The van der Waals surface area contributed by atoms with Gasteiger partial charge in [0.2, 0.25) is 0 Å². The number of rotatable bonds is 1. The van der Waals surface area contributed by atoms with Gasteiger partial charge in [-0.15, -0.1) is 24.0 Å². The van der Waals surface area contributed by atoms with Crippen LogP contribution in [0.4, 0.5) is 4.39 Å². The van der Waals surface area contributed by atoms with E-state index in [1.54, 1.807) is 0 Å². The van der Waals surface area contributed by atoms with E-state index in [1.807, 2.05) is 0 Å². The Morgan fingerprint density at radius 3 is 2.55 bits per heavy atom. The maximum atomic E-state index is 12.3.